The monoisotopic (exact) mass is 217 g/mol. The summed E-state index contributed by atoms with van der Waals surface area (Å²) in [6.07, 6.45) is 6.02. The zero-order valence-corrected chi connectivity index (χ0v) is 9.47. The van der Waals surface area contributed by atoms with Crippen molar-refractivity contribution < 1.29 is 4.42 Å². The second-order valence-corrected chi connectivity index (χ2v) is 3.55. The van der Waals surface area contributed by atoms with Crippen molar-refractivity contribution >= 4 is 0 Å². The average Bonchev–Trinajstić information content (AvgIpc) is 2.80. The van der Waals surface area contributed by atoms with Crippen LogP contribution in [0.5, 0.6) is 0 Å². The van der Waals surface area contributed by atoms with E-state index in [1.165, 1.54) is 6.33 Å². The second-order valence-electron chi connectivity index (χ2n) is 3.55. The van der Waals surface area contributed by atoms with Gasteiger partial charge >= 0.3 is 0 Å². The molecule has 0 aromatic carbocycles. The minimum absolute atomic E-state index is 0.0153. The summed E-state index contributed by atoms with van der Waals surface area (Å²) in [4.78, 5) is 8.03. The summed E-state index contributed by atoms with van der Waals surface area (Å²) in [7, 11) is 1.89. The lowest BCUT2D eigenvalue weighted by Gasteiger charge is -2.12. The van der Waals surface area contributed by atoms with Gasteiger partial charge in [0.25, 0.3) is 0 Å². The molecule has 2 aromatic rings. The summed E-state index contributed by atoms with van der Waals surface area (Å²) in [6, 6.07) is 4.01. The Morgan fingerprint density at radius 3 is 2.62 bits per heavy atom. The Morgan fingerprint density at radius 1 is 1.31 bits per heavy atom. The third kappa shape index (κ3) is 2.12. The highest BCUT2D eigenvalue weighted by atomic mass is 16.3. The first kappa shape index (κ1) is 10.8. The zero-order chi connectivity index (χ0) is 11.4. The Balaban J connectivity index is 2.29. The lowest BCUT2D eigenvalue weighted by Crippen LogP contribution is -2.17. The fraction of sp³-hybridized carbons (Fsp3) is 0.333. The van der Waals surface area contributed by atoms with Crippen LogP contribution in [0.3, 0.4) is 0 Å². The fourth-order valence-corrected chi connectivity index (χ4v) is 1.67. The number of hydrogen-bond acceptors (Lipinski definition) is 4. The van der Waals surface area contributed by atoms with Crippen molar-refractivity contribution in [1.29, 1.82) is 0 Å². The smallest absolute Gasteiger partial charge is 0.125 e. The summed E-state index contributed by atoms with van der Waals surface area (Å²) in [5.74, 6) is 1.89. The van der Waals surface area contributed by atoms with Gasteiger partial charge in [-0.2, -0.15) is 0 Å². The van der Waals surface area contributed by atoms with Crippen molar-refractivity contribution in [2.45, 2.75) is 19.4 Å². The molecule has 0 fully saturated rings. The van der Waals surface area contributed by atoms with Crippen LogP contribution in [0.2, 0.25) is 0 Å². The predicted molar refractivity (Wildman–Crippen MR) is 61.0 cm³/mol. The molecule has 2 rings (SSSR count). The first-order chi connectivity index (χ1) is 7.85. The SMILES string of the molecule is CCc1ccc(C(NC)c2cncnc2)o1. The van der Waals surface area contributed by atoms with Gasteiger partial charge in [0.15, 0.2) is 0 Å². The quantitative estimate of drug-likeness (QED) is 0.850. The molecule has 4 nitrogen and oxygen atoms in total. The summed E-state index contributed by atoms with van der Waals surface area (Å²) < 4.78 is 5.72. The third-order valence-electron chi connectivity index (χ3n) is 2.52. The van der Waals surface area contributed by atoms with Gasteiger partial charge < -0.3 is 9.73 Å². The van der Waals surface area contributed by atoms with Crippen LogP contribution in [0.25, 0.3) is 0 Å². The molecule has 0 saturated carbocycles. The highest BCUT2D eigenvalue weighted by molar-refractivity contribution is 5.22. The topological polar surface area (TPSA) is 51.0 Å². The van der Waals surface area contributed by atoms with E-state index >= 15 is 0 Å². The number of furan rings is 1. The van der Waals surface area contributed by atoms with E-state index in [9.17, 15) is 0 Å². The second kappa shape index (κ2) is 4.90. The van der Waals surface area contributed by atoms with Gasteiger partial charge in [0.1, 0.15) is 17.8 Å². The largest absolute Gasteiger partial charge is 0.464 e. The lowest BCUT2D eigenvalue weighted by atomic mass is 10.1. The molecule has 2 heterocycles. The van der Waals surface area contributed by atoms with Gasteiger partial charge in [0, 0.05) is 24.4 Å². The molecule has 1 N–H and O–H groups in total. The maximum Gasteiger partial charge on any atom is 0.125 e. The van der Waals surface area contributed by atoms with E-state index in [2.05, 4.69) is 22.2 Å². The van der Waals surface area contributed by atoms with Crippen molar-refractivity contribution in [2.75, 3.05) is 7.05 Å². The molecule has 4 heteroatoms. The van der Waals surface area contributed by atoms with Gasteiger partial charge in [-0.25, -0.2) is 9.97 Å². The minimum Gasteiger partial charge on any atom is -0.464 e. The first-order valence-electron chi connectivity index (χ1n) is 5.36. The Labute approximate surface area is 94.7 Å². The van der Waals surface area contributed by atoms with Crippen LogP contribution in [-0.4, -0.2) is 17.0 Å². The molecule has 0 bridgehead atoms. The fourth-order valence-electron chi connectivity index (χ4n) is 1.67. The standard InChI is InChI=1S/C12H15N3O/c1-3-10-4-5-11(16-10)12(13-2)9-6-14-8-15-7-9/h4-8,12-13H,3H2,1-2H3. The van der Waals surface area contributed by atoms with Crippen LogP contribution >= 0.6 is 0 Å². The normalized spacial score (nSPS) is 12.6. The van der Waals surface area contributed by atoms with Gasteiger partial charge in [-0.1, -0.05) is 6.92 Å². The van der Waals surface area contributed by atoms with Crippen LogP contribution in [0.4, 0.5) is 0 Å². The molecule has 1 unspecified atom stereocenters. The number of nitrogens with zero attached hydrogens (tertiary/aromatic N) is 2. The van der Waals surface area contributed by atoms with Crippen molar-refractivity contribution in [3.8, 4) is 0 Å². The van der Waals surface area contributed by atoms with Crippen molar-refractivity contribution in [3.63, 3.8) is 0 Å². The van der Waals surface area contributed by atoms with Gasteiger partial charge in [-0.3, -0.25) is 0 Å². The van der Waals surface area contributed by atoms with E-state index in [0.29, 0.717) is 0 Å². The Kier molecular flexibility index (Phi) is 3.31. The van der Waals surface area contributed by atoms with Crippen LogP contribution < -0.4 is 5.32 Å². The maximum absolute atomic E-state index is 5.72. The molecular formula is C12H15N3O. The van der Waals surface area contributed by atoms with Crippen LogP contribution in [0.1, 0.15) is 30.0 Å². The van der Waals surface area contributed by atoms with E-state index in [1.54, 1.807) is 12.4 Å². The molecule has 0 radical (unpaired) electrons. The number of nitrogens with one attached hydrogen (secondary N) is 1. The van der Waals surface area contributed by atoms with E-state index < -0.39 is 0 Å². The molecule has 16 heavy (non-hydrogen) atoms. The molecule has 1 atom stereocenters. The van der Waals surface area contributed by atoms with E-state index in [1.807, 2.05) is 19.2 Å². The van der Waals surface area contributed by atoms with Gasteiger partial charge in [0.05, 0.1) is 6.04 Å². The molecule has 0 aliphatic carbocycles. The molecule has 0 aliphatic heterocycles. The summed E-state index contributed by atoms with van der Waals surface area (Å²) in [5, 5.41) is 3.20. The summed E-state index contributed by atoms with van der Waals surface area (Å²) in [6.45, 7) is 2.07. The number of rotatable bonds is 4. The Hall–Kier alpha value is -1.68. The summed E-state index contributed by atoms with van der Waals surface area (Å²) >= 11 is 0. The maximum atomic E-state index is 5.72. The molecule has 0 amide bonds. The highest BCUT2D eigenvalue weighted by Gasteiger charge is 2.15. The Morgan fingerprint density at radius 2 is 2.06 bits per heavy atom. The predicted octanol–water partition coefficient (Wildman–Crippen LogP) is 1.94. The number of aryl methyl sites for hydroxylation is 1. The van der Waals surface area contributed by atoms with E-state index in [0.717, 1.165) is 23.5 Å². The van der Waals surface area contributed by atoms with Crippen LogP contribution in [-0.2, 0) is 6.42 Å². The average molecular weight is 217 g/mol. The first-order valence-corrected chi connectivity index (χ1v) is 5.36. The van der Waals surface area contributed by atoms with Gasteiger partial charge in [-0.15, -0.1) is 0 Å². The van der Waals surface area contributed by atoms with Crippen molar-refractivity contribution in [3.05, 3.63) is 47.9 Å². The number of aromatic nitrogens is 2. The van der Waals surface area contributed by atoms with Crippen LogP contribution in [0.15, 0.2) is 35.3 Å². The molecule has 0 saturated heterocycles. The lowest BCUT2D eigenvalue weighted by molar-refractivity contribution is 0.433. The molecule has 2 aromatic heterocycles. The van der Waals surface area contributed by atoms with E-state index in [4.69, 9.17) is 4.42 Å². The number of hydrogen-bond donors (Lipinski definition) is 1. The highest BCUT2D eigenvalue weighted by Crippen LogP contribution is 2.22. The minimum atomic E-state index is 0.0153. The zero-order valence-electron chi connectivity index (χ0n) is 9.47. The van der Waals surface area contributed by atoms with Crippen LogP contribution in [0, 0.1) is 0 Å². The van der Waals surface area contributed by atoms with Gasteiger partial charge in [0.2, 0.25) is 0 Å². The van der Waals surface area contributed by atoms with Gasteiger partial charge in [-0.05, 0) is 19.2 Å². The van der Waals surface area contributed by atoms with Crippen molar-refractivity contribution in [2.24, 2.45) is 0 Å². The molecule has 0 spiro atoms. The molecule has 0 aliphatic rings. The molecular weight excluding hydrogens is 202 g/mol. The Bertz CT molecular complexity index is 439. The van der Waals surface area contributed by atoms with E-state index in [-0.39, 0.29) is 6.04 Å². The molecule has 84 valence electrons. The van der Waals surface area contributed by atoms with Crippen molar-refractivity contribution in [1.82, 2.24) is 15.3 Å². The third-order valence-corrected chi connectivity index (χ3v) is 2.52. The summed E-state index contributed by atoms with van der Waals surface area (Å²) in [5.41, 5.74) is 1.00.